The van der Waals surface area contributed by atoms with Crippen molar-refractivity contribution in [2.45, 2.75) is 71.0 Å². The Balaban J connectivity index is 1.83. The number of nitrogens with one attached hydrogen (secondary N) is 1. The van der Waals surface area contributed by atoms with Crippen molar-refractivity contribution in [1.29, 1.82) is 0 Å². The van der Waals surface area contributed by atoms with Crippen LogP contribution in [0.4, 0.5) is 5.69 Å². The normalized spacial score (nSPS) is 12.7. The third kappa shape index (κ3) is 8.85. The van der Waals surface area contributed by atoms with E-state index in [1.807, 2.05) is 101 Å². The Kier molecular flexibility index (Phi) is 11.8. The number of hydrogen-bond donors (Lipinski definition) is 1. The van der Waals surface area contributed by atoms with Gasteiger partial charge in [0.15, 0.2) is 0 Å². The van der Waals surface area contributed by atoms with Gasteiger partial charge in [0.05, 0.1) is 10.6 Å². The Morgan fingerprint density at radius 1 is 0.826 bits per heavy atom. The fourth-order valence-electron chi connectivity index (χ4n) is 5.12. The van der Waals surface area contributed by atoms with Crippen molar-refractivity contribution < 1.29 is 18.0 Å². The first kappa shape index (κ1) is 34.9. The number of rotatable bonds is 13. The summed E-state index contributed by atoms with van der Waals surface area (Å²) >= 11 is 3.47. The summed E-state index contributed by atoms with van der Waals surface area (Å²) in [6.07, 6.45) is 0.985. The van der Waals surface area contributed by atoms with Crippen molar-refractivity contribution in [1.82, 2.24) is 10.2 Å². The molecule has 0 radical (unpaired) electrons. The molecule has 4 aromatic carbocycles. The first-order valence-corrected chi connectivity index (χ1v) is 17.7. The molecule has 0 saturated heterocycles. The Bertz CT molecular complexity index is 1740. The van der Waals surface area contributed by atoms with Crippen molar-refractivity contribution in [3.63, 3.8) is 0 Å². The van der Waals surface area contributed by atoms with Crippen LogP contribution in [0.3, 0.4) is 0 Å². The van der Waals surface area contributed by atoms with Crippen LogP contribution in [0.15, 0.2) is 106 Å². The van der Waals surface area contributed by atoms with Gasteiger partial charge in [0.2, 0.25) is 11.8 Å². The summed E-state index contributed by atoms with van der Waals surface area (Å²) < 4.78 is 30.7. The molecule has 0 fully saturated rings. The lowest BCUT2D eigenvalue weighted by atomic mass is 10.0. The van der Waals surface area contributed by atoms with E-state index in [0.29, 0.717) is 11.3 Å². The van der Waals surface area contributed by atoms with Gasteiger partial charge in [-0.15, -0.1) is 0 Å². The van der Waals surface area contributed by atoms with E-state index < -0.39 is 28.5 Å². The second-order valence-electron chi connectivity index (χ2n) is 11.8. The van der Waals surface area contributed by atoms with Crippen LogP contribution in [0.5, 0.6) is 0 Å². The Hall–Kier alpha value is -3.95. The summed E-state index contributed by atoms with van der Waals surface area (Å²) in [5, 5.41) is 3.07. The van der Waals surface area contributed by atoms with E-state index in [4.69, 9.17) is 0 Å². The smallest absolute Gasteiger partial charge is 0.264 e. The van der Waals surface area contributed by atoms with Gasteiger partial charge in [-0.3, -0.25) is 13.9 Å². The van der Waals surface area contributed by atoms with Gasteiger partial charge < -0.3 is 10.2 Å². The molecule has 0 heterocycles. The van der Waals surface area contributed by atoms with Gasteiger partial charge in [0.1, 0.15) is 12.6 Å². The molecule has 9 heteroatoms. The third-order valence-corrected chi connectivity index (χ3v) is 10.4. The Morgan fingerprint density at radius 3 is 2.09 bits per heavy atom. The molecule has 0 aliphatic heterocycles. The van der Waals surface area contributed by atoms with Crippen molar-refractivity contribution in [2.24, 2.45) is 0 Å². The standard InChI is InChI=1S/C37H42BrN3O4S/c1-6-29(5)39-37(43)35(23-30-10-8-7-9-11-30)40(24-31-16-18-32(38)19-17-31)36(42)25-41(34-22-27(3)12-15-28(34)4)46(44,45)33-20-13-26(2)14-21-33/h7-22,29,35H,6,23-25H2,1-5H3,(H,39,43). The van der Waals surface area contributed by atoms with E-state index in [0.717, 1.165) is 33.1 Å². The minimum Gasteiger partial charge on any atom is -0.352 e. The lowest BCUT2D eigenvalue weighted by Gasteiger charge is -2.34. The molecule has 0 saturated carbocycles. The molecule has 0 spiro atoms. The second kappa shape index (κ2) is 15.6. The molecule has 1 N–H and O–H groups in total. The van der Waals surface area contributed by atoms with Crippen LogP contribution >= 0.6 is 15.9 Å². The molecule has 0 bridgehead atoms. The summed E-state index contributed by atoms with van der Waals surface area (Å²) in [5.41, 5.74) is 4.61. The number of aryl methyl sites for hydroxylation is 3. The van der Waals surface area contributed by atoms with E-state index in [-0.39, 0.29) is 29.8 Å². The molecule has 0 aliphatic carbocycles. The van der Waals surface area contributed by atoms with Crippen LogP contribution in [0, 0.1) is 20.8 Å². The monoisotopic (exact) mass is 703 g/mol. The second-order valence-corrected chi connectivity index (χ2v) is 14.6. The highest BCUT2D eigenvalue weighted by Crippen LogP contribution is 2.29. The van der Waals surface area contributed by atoms with Gasteiger partial charge in [-0.25, -0.2) is 8.42 Å². The predicted molar refractivity (Wildman–Crippen MR) is 188 cm³/mol. The van der Waals surface area contributed by atoms with Gasteiger partial charge in [-0.05, 0) is 86.7 Å². The number of amides is 2. The van der Waals surface area contributed by atoms with Crippen LogP contribution in [0.1, 0.15) is 48.1 Å². The SMILES string of the molecule is CCC(C)NC(=O)C(Cc1ccccc1)N(Cc1ccc(Br)cc1)C(=O)CN(c1cc(C)ccc1C)S(=O)(=O)c1ccc(C)cc1. The highest BCUT2D eigenvalue weighted by Gasteiger charge is 2.35. The van der Waals surface area contributed by atoms with E-state index in [1.54, 1.807) is 30.3 Å². The van der Waals surface area contributed by atoms with Crippen LogP contribution in [-0.2, 0) is 32.6 Å². The maximum Gasteiger partial charge on any atom is 0.264 e. The van der Waals surface area contributed by atoms with Crippen LogP contribution in [0.25, 0.3) is 0 Å². The van der Waals surface area contributed by atoms with Crippen molar-refractivity contribution in [3.05, 3.63) is 129 Å². The lowest BCUT2D eigenvalue weighted by Crippen LogP contribution is -2.54. The number of halogens is 1. The maximum absolute atomic E-state index is 14.6. The average molecular weight is 705 g/mol. The van der Waals surface area contributed by atoms with Gasteiger partial charge >= 0.3 is 0 Å². The number of sulfonamides is 1. The molecule has 2 atom stereocenters. The summed E-state index contributed by atoms with van der Waals surface area (Å²) in [6, 6.07) is 28.2. The Labute approximate surface area is 281 Å². The van der Waals surface area contributed by atoms with E-state index in [9.17, 15) is 18.0 Å². The zero-order valence-electron chi connectivity index (χ0n) is 27.0. The van der Waals surface area contributed by atoms with E-state index in [1.165, 1.54) is 9.21 Å². The fraction of sp³-hybridized carbons (Fsp3) is 0.297. The van der Waals surface area contributed by atoms with Crippen LogP contribution in [0.2, 0.25) is 0 Å². The molecule has 4 rings (SSSR count). The van der Waals surface area contributed by atoms with Gasteiger partial charge in [0, 0.05) is 23.5 Å². The highest BCUT2D eigenvalue weighted by atomic mass is 79.9. The van der Waals surface area contributed by atoms with Gasteiger partial charge in [-0.2, -0.15) is 0 Å². The van der Waals surface area contributed by atoms with Crippen molar-refractivity contribution >= 4 is 43.5 Å². The quantitative estimate of drug-likeness (QED) is 0.161. The number of benzene rings is 4. The first-order valence-electron chi connectivity index (χ1n) is 15.4. The van der Waals surface area contributed by atoms with E-state index in [2.05, 4.69) is 21.2 Å². The average Bonchev–Trinajstić information content (AvgIpc) is 3.04. The summed E-state index contributed by atoms with van der Waals surface area (Å²) in [5.74, 6) is -0.775. The number of carbonyl (C=O) groups is 2. The molecule has 7 nitrogen and oxygen atoms in total. The van der Waals surface area contributed by atoms with E-state index >= 15 is 0 Å². The number of hydrogen-bond acceptors (Lipinski definition) is 4. The third-order valence-electron chi connectivity index (χ3n) is 8.06. The minimum atomic E-state index is -4.17. The highest BCUT2D eigenvalue weighted by molar-refractivity contribution is 9.10. The largest absolute Gasteiger partial charge is 0.352 e. The summed E-state index contributed by atoms with van der Waals surface area (Å²) in [6.45, 7) is 9.14. The number of anilines is 1. The van der Waals surface area contributed by atoms with Crippen molar-refractivity contribution in [3.8, 4) is 0 Å². The molecule has 2 amide bonds. The summed E-state index contributed by atoms with van der Waals surface area (Å²) in [4.78, 5) is 30.2. The fourth-order valence-corrected chi connectivity index (χ4v) is 6.86. The zero-order valence-corrected chi connectivity index (χ0v) is 29.4. The number of nitrogens with zero attached hydrogens (tertiary/aromatic N) is 2. The first-order chi connectivity index (χ1) is 21.9. The van der Waals surface area contributed by atoms with Crippen LogP contribution in [-0.4, -0.2) is 43.8 Å². The minimum absolute atomic E-state index is 0.0848. The predicted octanol–water partition coefficient (Wildman–Crippen LogP) is 7.12. The van der Waals surface area contributed by atoms with Crippen LogP contribution < -0.4 is 9.62 Å². The molecule has 4 aromatic rings. The van der Waals surface area contributed by atoms with Gasteiger partial charge in [0.25, 0.3) is 10.0 Å². The Morgan fingerprint density at radius 2 is 1.46 bits per heavy atom. The molecular weight excluding hydrogens is 662 g/mol. The van der Waals surface area contributed by atoms with Gasteiger partial charge in [-0.1, -0.05) is 95.1 Å². The van der Waals surface area contributed by atoms with Crippen molar-refractivity contribution in [2.75, 3.05) is 10.8 Å². The maximum atomic E-state index is 14.6. The molecule has 0 aliphatic rings. The molecular formula is C37H42BrN3O4S. The molecule has 2 unspecified atom stereocenters. The molecule has 46 heavy (non-hydrogen) atoms. The number of carbonyl (C=O) groups excluding carboxylic acids is 2. The molecule has 242 valence electrons. The summed E-state index contributed by atoms with van der Waals surface area (Å²) in [7, 11) is -4.17. The topological polar surface area (TPSA) is 86.8 Å². The zero-order chi connectivity index (χ0) is 33.4. The molecule has 0 aromatic heterocycles. The lowest BCUT2D eigenvalue weighted by molar-refractivity contribution is -0.140.